The van der Waals surface area contributed by atoms with E-state index in [9.17, 15) is 0 Å². The number of benzene rings is 1. The van der Waals surface area contributed by atoms with Crippen LogP contribution >= 0.6 is 0 Å². The van der Waals surface area contributed by atoms with Crippen molar-refractivity contribution in [3.63, 3.8) is 0 Å². The zero-order valence-corrected chi connectivity index (χ0v) is 6.67. The predicted octanol–water partition coefficient (Wildman–Crippen LogP) is 1.40. The minimum atomic E-state index is 0.174. The topological polar surface area (TPSA) is 32.3 Å². The van der Waals surface area contributed by atoms with E-state index >= 15 is 0 Å². The van der Waals surface area contributed by atoms with Gasteiger partial charge in [-0.05, 0) is 19.1 Å². The summed E-state index contributed by atoms with van der Waals surface area (Å²) >= 11 is 0. The molecule has 0 bridgehead atoms. The Morgan fingerprint density at radius 1 is 1.27 bits per heavy atom. The second kappa shape index (κ2) is 3.98. The van der Waals surface area contributed by atoms with Gasteiger partial charge < -0.3 is 10.4 Å². The second-order valence-corrected chi connectivity index (χ2v) is 2.52. The lowest BCUT2D eigenvalue weighted by molar-refractivity contribution is 0.311. The van der Waals surface area contributed by atoms with Crippen LogP contribution in [-0.4, -0.2) is 18.3 Å². The van der Waals surface area contributed by atoms with Crippen LogP contribution < -0.4 is 5.32 Å². The highest BCUT2D eigenvalue weighted by Crippen LogP contribution is 2.07. The van der Waals surface area contributed by atoms with Crippen molar-refractivity contribution in [3.05, 3.63) is 29.8 Å². The molecule has 0 aromatic heterocycles. The molecule has 2 N–H and O–H groups in total. The molecule has 0 atom stereocenters. The summed E-state index contributed by atoms with van der Waals surface area (Å²) in [5.74, 6) is 0. The Morgan fingerprint density at radius 3 is 2.45 bits per heavy atom. The molecule has 60 valence electrons. The Morgan fingerprint density at radius 2 is 1.91 bits per heavy atom. The van der Waals surface area contributed by atoms with E-state index < -0.39 is 0 Å². The minimum absolute atomic E-state index is 0.174. The summed E-state index contributed by atoms with van der Waals surface area (Å²) in [5.41, 5.74) is 2.31. The first-order valence-corrected chi connectivity index (χ1v) is 3.74. The quantitative estimate of drug-likeness (QED) is 0.684. The Hall–Kier alpha value is -1.02. The molecule has 11 heavy (non-hydrogen) atoms. The van der Waals surface area contributed by atoms with Crippen LogP contribution in [-0.2, 0) is 0 Å². The van der Waals surface area contributed by atoms with Crippen molar-refractivity contribution >= 4 is 5.69 Å². The molecule has 0 saturated heterocycles. The van der Waals surface area contributed by atoms with Crippen molar-refractivity contribution in [1.29, 1.82) is 0 Å². The third-order valence-electron chi connectivity index (χ3n) is 1.49. The molecule has 0 aliphatic rings. The van der Waals surface area contributed by atoms with E-state index in [1.807, 2.05) is 24.3 Å². The first-order valence-electron chi connectivity index (χ1n) is 3.74. The minimum Gasteiger partial charge on any atom is -0.395 e. The van der Waals surface area contributed by atoms with Gasteiger partial charge in [0, 0.05) is 12.2 Å². The van der Waals surface area contributed by atoms with Gasteiger partial charge in [0.05, 0.1) is 6.61 Å². The van der Waals surface area contributed by atoms with E-state index in [0.717, 1.165) is 5.69 Å². The zero-order chi connectivity index (χ0) is 8.10. The van der Waals surface area contributed by atoms with Gasteiger partial charge >= 0.3 is 0 Å². The summed E-state index contributed by atoms with van der Waals surface area (Å²) in [4.78, 5) is 0. The van der Waals surface area contributed by atoms with Crippen LogP contribution in [0.3, 0.4) is 0 Å². The molecular weight excluding hydrogens is 138 g/mol. The predicted molar refractivity (Wildman–Crippen MR) is 46.8 cm³/mol. The molecule has 1 aromatic carbocycles. The lowest BCUT2D eigenvalue weighted by Crippen LogP contribution is -2.04. The van der Waals surface area contributed by atoms with Gasteiger partial charge in [-0.1, -0.05) is 17.7 Å². The van der Waals surface area contributed by atoms with Crippen molar-refractivity contribution < 1.29 is 5.11 Å². The molecule has 0 radical (unpaired) electrons. The van der Waals surface area contributed by atoms with E-state index in [4.69, 9.17) is 5.11 Å². The van der Waals surface area contributed by atoms with Gasteiger partial charge in [0.2, 0.25) is 0 Å². The van der Waals surface area contributed by atoms with Crippen LogP contribution in [0.1, 0.15) is 5.56 Å². The second-order valence-electron chi connectivity index (χ2n) is 2.52. The van der Waals surface area contributed by atoms with Crippen molar-refractivity contribution in [1.82, 2.24) is 0 Å². The van der Waals surface area contributed by atoms with Gasteiger partial charge in [-0.2, -0.15) is 0 Å². The van der Waals surface area contributed by atoms with E-state index in [1.54, 1.807) is 0 Å². The third kappa shape index (κ3) is 2.60. The molecule has 0 aliphatic carbocycles. The Kier molecular flexibility index (Phi) is 2.93. The summed E-state index contributed by atoms with van der Waals surface area (Å²) in [7, 11) is 0. The molecule has 1 aromatic rings. The molecule has 0 unspecified atom stereocenters. The van der Waals surface area contributed by atoms with Gasteiger partial charge in [-0.3, -0.25) is 0 Å². The fourth-order valence-electron chi connectivity index (χ4n) is 0.872. The van der Waals surface area contributed by atoms with Gasteiger partial charge in [0.15, 0.2) is 0 Å². The number of anilines is 1. The third-order valence-corrected chi connectivity index (χ3v) is 1.49. The normalized spacial score (nSPS) is 9.64. The van der Waals surface area contributed by atoms with Crippen molar-refractivity contribution in [2.24, 2.45) is 0 Å². The molecule has 0 saturated carbocycles. The number of hydrogen-bond donors (Lipinski definition) is 2. The summed E-state index contributed by atoms with van der Waals surface area (Å²) in [6.07, 6.45) is 0. The average Bonchev–Trinajstić information content (AvgIpc) is 2.04. The van der Waals surface area contributed by atoms with Gasteiger partial charge in [0.25, 0.3) is 0 Å². The summed E-state index contributed by atoms with van der Waals surface area (Å²) in [5, 5.41) is 11.6. The van der Waals surface area contributed by atoms with Crippen molar-refractivity contribution in [2.75, 3.05) is 18.5 Å². The molecule has 0 aliphatic heterocycles. The monoisotopic (exact) mass is 151 g/mol. The van der Waals surface area contributed by atoms with Crippen LogP contribution in [0.4, 0.5) is 5.69 Å². The molecule has 1 rings (SSSR count). The highest BCUT2D eigenvalue weighted by Gasteiger charge is 1.88. The highest BCUT2D eigenvalue weighted by molar-refractivity contribution is 5.44. The molecule has 0 amide bonds. The fourth-order valence-corrected chi connectivity index (χ4v) is 0.872. The number of nitrogens with one attached hydrogen (secondary N) is 1. The Bertz CT molecular complexity index is 205. The molecule has 2 heteroatoms. The van der Waals surface area contributed by atoms with Gasteiger partial charge in [-0.15, -0.1) is 0 Å². The van der Waals surface area contributed by atoms with Crippen molar-refractivity contribution in [2.45, 2.75) is 6.92 Å². The van der Waals surface area contributed by atoms with Crippen LogP contribution in [0.15, 0.2) is 24.3 Å². The maximum atomic E-state index is 8.52. The van der Waals surface area contributed by atoms with E-state index in [2.05, 4.69) is 12.2 Å². The van der Waals surface area contributed by atoms with E-state index in [0.29, 0.717) is 6.54 Å². The standard InChI is InChI=1S/C9H13NO/c1-8-2-4-9(5-3-8)10-6-7-11/h2-5,10-11H,6-7H2,1H3. The Balaban J connectivity index is 2.52. The van der Waals surface area contributed by atoms with Crippen LogP contribution in [0.25, 0.3) is 0 Å². The van der Waals surface area contributed by atoms with Gasteiger partial charge in [0.1, 0.15) is 0 Å². The maximum Gasteiger partial charge on any atom is 0.0604 e. The van der Waals surface area contributed by atoms with Crippen LogP contribution in [0.5, 0.6) is 0 Å². The molecule has 2 nitrogen and oxygen atoms in total. The maximum absolute atomic E-state index is 8.52. The van der Waals surface area contributed by atoms with Gasteiger partial charge in [-0.25, -0.2) is 0 Å². The van der Waals surface area contributed by atoms with Crippen molar-refractivity contribution in [3.8, 4) is 0 Å². The first kappa shape index (κ1) is 8.08. The first-order chi connectivity index (χ1) is 5.33. The average molecular weight is 151 g/mol. The summed E-state index contributed by atoms with van der Waals surface area (Å²) < 4.78 is 0. The molecule has 0 heterocycles. The smallest absolute Gasteiger partial charge is 0.0604 e. The number of aliphatic hydroxyl groups excluding tert-OH is 1. The van der Waals surface area contributed by atoms with E-state index in [1.165, 1.54) is 5.56 Å². The molecule has 0 spiro atoms. The van der Waals surface area contributed by atoms with Crippen LogP contribution in [0.2, 0.25) is 0 Å². The summed E-state index contributed by atoms with van der Waals surface area (Å²) in [6, 6.07) is 8.09. The number of aryl methyl sites for hydroxylation is 1. The number of hydrogen-bond acceptors (Lipinski definition) is 2. The highest BCUT2D eigenvalue weighted by atomic mass is 16.3. The zero-order valence-electron chi connectivity index (χ0n) is 6.67. The molecular formula is C9H13NO. The van der Waals surface area contributed by atoms with E-state index in [-0.39, 0.29) is 6.61 Å². The Labute approximate surface area is 66.9 Å². The summed E-state index contributed by atoms with van der Waals surface area (Å²) in [6.45, 7) is 2.84. The molecule has 0 fully saturated rings. The fraction of sp³-hybridized carbons (Fsp3) is 0.333. The largest absolute Gasteiger partial charge is 0.395 e. The number of aliphatic hydroxyl groups is 1. The lowest BCUT2D eigenvalue weighted by Gasteiger charge is -2.03. The lowest BCUT2D eigenvalue weighted by atomic mass is 10.2. The number of rotatable bonds is 3. The SMILES string of the molecule is Cc1ccc(NCCO)cc1. The van der Waals surface area contributed by atoms with Crippen LogP contribution in [0, 0.1) is 6.92 Å².